The maximum atomic E-state index is 12.8. The number of phosphoric ester groups is 1. The fourth-order valence-corrected chi connectivity index (χ4v) is 8.04. The molecule has 7 atom stereocenters. The van der Waals surface area contributed by atoms with Crippen molar-refractivity contribution in [2.24, 2.45) is 0 Å². The fraction of sp³-hybridized carbons (Fsp3) is 0.867. The van der Waals surface area contributed by atoms with Crippen LogP contribution in [0.5, 0.6) is 0 Å². The van der Waals surface area contributed by atoms with Gasteiger partial charge in [0, 0.05) is 12.8 Å². The van der Waals surface area contributed by atoms with Gasteiger partial charge in [0.1, 0.15) is 43.2 Å². The first kappa shape index (κ1) is 56.3. The van der Waals surface area contributed by atoms with Gasteiger partial charge in [-0.25, -0.2) is 4.57 Å². The molecule has 1 rings (SSSR count). The average Bonchev–Trinajstić information content (AvgIpc) is 3.22. The van der Waals surface area contributed by atoms with Gasteiger partial charge in [0.15, 0.2) is 6.10 Å². The Kier molecular flexibility index (Phi) is 33.5. The number of ether oxygens (including phenoxy) is 2. The van der Waals surface area contributed by atoms with Crippen molar-refractivity contribution >= 4 is 19.8 Å². The Morgan fingerprint density at radius 2 is 1.03 bits per heavy atom. The van der Waals surface area contributed by atoms with E-state index < -0.39 is 81.8 Å². The van der Waals surface area contributed by atoms with Gasteiger partial charge in [0.2, 0.25) is 0 Å². The van der Waals surface area contributed by atoms with Gasteiger partial charge in [-0.3, -0.25) is 18.6 Å². The third-order valence-corrected chi connectivity index (χ3v) is 11.9. The number of rotatable bonds is 38. The van der Waals surface area contributed by atoms with Crippen molar-refractivity contribution in [1.82, 2.24) is 0 Å². The van der Waals surface area contributed by atoms with E-state index in [1.807, 2.05) is 12.2 Å². The van der Waals surface area contributed by atoms with Crippen LogP contribution in [-0.4, -0.2) is 110 Å². The van der Waals surface area contributed by atoms with E-state index in [0.29, 0.717) is 19.3 Å². The van der Waals surface area contributed by atoms with Crippen molar-refractivity contribution in [1.29, 1.82) is 0 Å². The van der Waals surface area contributed by atoms with Gasteiger partial charge in [-0.1, -0.05) is 167 Å². The number of allylic oxidation sites excluding steroid dienone is 3. The highest BCUT2D eigenvalue weighted by atomic mass is 31.2. The number of aliphatic hydroxyl groups is 6. The summed E-state index contributed by atoms with van der Waals surface area (Å²) in [6, 6.07) is 0. The highest BCUT2D eigenvalue weighted by molar-refractivity contribution is 7.47. The molecule has 0 amide bonds. The Morgan fingerprint density at radius 1 is 0.583 bits per heavy atom. The summed E-state index contributed by atoms with van der Waals surface area (Å²) in [6.45, 7) is 3.18. The molecule has 1 saturated carbocycles. The maximum Gasteiger partial charge on any atom is 0.472 e. The zero-order valence-corrected chi connectivity index (χ0v) is 37.8. The molecule has 14 nitrogen and oxygen atoms in total. The summed E-state index contributed by atoms with van der Waals surface area (Å²) < 4.78 is 33.5. The zero-order valence-electron chi connectivity index (χ0n) is 36.9. The van der Waals surface area contributed by atoms with Crippen LogP contribution >= 0.6 is 7.82 Å². The number of carbonyl (C=O) groups is 2. The summed E-state index contributed by atoms with van der Waals surface area (Å²) in [7, 11) is -5.14. The van der Waals surface area contributed by atoms with Gasteiger partial charge in [0.25, 0.3) is 0 Å². The molecule has 1 aliphatic rings. The molecule has 0 aromatic rings. The molecule has 0 radical (unpaired) electrons. The summed E-state index contributed by atoms with van der Waals surface area (Å²) in [6.07, 6.45) is 21.0. The largest absolute Gasteiger partial charge is 0.472 e. The minimum Gasteiger partial charge on any atom is -0.462 e. The number of carbonyl (C=O) groups excluding carboxylic acids is 2. The Balaban J connectivity index is 2.49. The Hall–Kier alpha value is -1.71. The second kappa shape index (κ2) is 35.7. The maximum absolute atomic E-state index is 12.8. The molecule has 1 aliphatic carbocycles. The van der Waals surface area contributed by atoms with E-state index in [-0.39, 0.29) is 12.8 Å². The molecule has 0 heterocycles. The van der Waals surface area contributed by atoms with E-state index in [4.69, 9.17) is 18.5 Å². The molecule has 1 fully saturated rings. The van der Waals surface area contributed by atoms with Crippen molar-refractivity contribution in [2.45, 2.75) is 236 Å². The van der Waals surface area contributed by atoms with Gasteiger partial charge in [0.05, 0.1) is 12.7 Å². The second-order valence-electron chi connectivity index (χ2n) is 16.5. The Labute approximate surface area is 360 Å². The first-order valence-corrected chi connectivity index (χ1v) is 24.7. The number of aliphatic hydroxyl groups excluding tert-OH is 6. The quantitative estimate of drug-likeness (QED) is 0.0136. The minimum atomic E-state index is -5.14. The lowest BCUT2D eigenvalue weighted by Crippen LogP contribution is -2.64. The summed E-state index contributed by atoms with van der Waals surface area (Å²) in [5.74, 6) is -1.17. The minimum absolute atomic E-state index is 0.0331. The topological polar surface area (TPSA) is 230 Å². The van der Waals surface area contributed by atoms with Crippen LogP contribution < -0.4 is 0 Å². The number of phosphoric acid groups is 1. The highest BCUT2D eigenvalue weighted by Gasteiger charge is 2.51. The van der Waals surface area contributed by atoms with Gasteiger partial charge in [-0.15, -0.1) is 0 Å². The first-order chi connectivity index (χ1) is 28.8. The summed E-state index contributed by atoms with van der Waals surface area (Å²) in [5.41, 5.74) is 0. The molecule has 7 unspecified atom stereocenters. The van der Waals surface area contributed by atoms with E-state index in [0.717, 1.165) is 51.4 Å². The molecule has 0 aromatic heterocycles. The number of hydrogen-bond acceptors (Lipinski definition) is 13. The van der Waals surface area contributed by atoms with Crippen LogP contribution in [0.15, 0.2) is 24.3 Å². The summed E-state index contributed by atoms with van der Waals surface area (Å²) in [4.78, 5) is 35.7. The molecule has 0 spiro atoms. The van der Waals surface area contributed by atoms with E-state index in [1.54, 1.807) is 6.08 Å². The monoisotopic (exact) mass is 879 g/mol. The lowest BCUT2D eigenvalue weighted by atomic mass is 9.85. The molecular weight excluding hydrogens is 795 g/mol. The van der Waals surface area contributed by atoms with Crippen molar-refractivity contribution in [3.63, 3.8) is 0 Å². The van der Waals surface area contributed by atoms with E-state index >= 15 is 0 Å². The molecular formula is C45H83O14P. The standard InChI is InChI=1S/C45H83O14P/c1-3-5-7-9-11-12-13-14-15-16-17-18-20-24-28-32-38(47)56-34-37(35-57-60(54,55)59-45-43(52)41(50)40(49)42(51)44(45)53)58-39(48)33-29-25-21-23-27-31-36(46)30-26-22-19-10-8-6-4-2/h19,22,26,30,36-37,40-46,49-53H,3-18,20-21,23-25,27-29,31-35H2,1-2H3,(H,54,55). The highest BCUT2D eigenvalue weighted by Crippen LogP contribution is 2.47. The second-order valence-corrected chi connectivity index (χ2v) is 17.9. The van der Waals surface area contributed by atoms with Crippen LogP contribution in [0.3, 0.4) is 0 Å². The average molecular weight is 879 g/mol. The number of esters is 2. The van der Waals surface area contributed by atoms with Crippen LogP contribution in [0.25, 0.3) is 0 Å². The van der Waals surface area contributed by atoms with Crippen LogP contribution in [0.4, 0.5) is 0 Å². The van der Waals surface area contributed by atoms with Gasteiger partial charge >= 0.3 is 19.8 Å². The molecule has 15 heteroatoms. The van der Waals surface area contributed by atoms with E-state index in [9.17, 15) is 49.7 Å². The Morgan fingerprint density at radius 3 is 1.57 bits per heavy atom. The van der Waals surface area contributed by atoms with Crippen molar-refractivity contribution in [3.05, 3.63) is 24.3 Å². The van der Waals surface area contributed by atoms with Crippen LogP contribution in [-0.2, 0) is 32.7 Å². The summed E-state index contributed by atoms with van der Waals surface area (Å²) in [5, 5.41) is 60.3. The molecule has 7 N–H and O–H groups in total. The van der Waals surface area contributed by atoms with Crippen molar-refractivity contribution in [2.75, 3.05) is 13.2 Å². The van der Waals surface area contributed by atoms with Gasteiger partial charge < -0.3 is 45.0 Å². The normalized spacial score (nSPS) is 22.9. The van der Waals surface area contributed by atoms with Crippen molar-refractivity contribution in [3.8, 4) is 0 Å². The van der Waals surface area contributed by atoms with Crippen LogP contribution in [0, 0.1) is 0 Å². The SMILES string of the molecule is CCCCCC=CC=CC(O)CCCCCCCC(=O)OC(COC(=O)CCCCCCCCCCCCCCCCC)COP(=O)(O)OC1C(O)C(O)C(O)C(O)C1O. The van der Waals surface area contributed by atoms with Crippen LogP contribution in [0.1, 0.15) is 187 Å². The lowest BCUT2D eigenvalue weighted by Gasteiger charge is -2.41. The van der Waals surface area contributed by atoms with Gasteiger partial charge in [-0.05, 0) is 32.1 Å². The molecule has 0 bridgehead atoms. The predicted molar refractivity (Wildman–Crippen MR) is 232 cm³/mol. The smallest absolute Gasteiger partial charge is 0.462 e. The molecule has 60 heavy (non-hydrogen) atoms. The molecule has 0 aliphatic heterocycles. The van der Waals surface area contributed by atoms with E-state index in [2.05, 4.69) is 19.9 Å². The molecule has 0 saturated heterocycles. The third kappa shape index (κ3) is 28.1. The predicted octanol–water partition coefficient (Wildman–Crippen LogP) is 7.81. The summed E-state index contributed by atoms with van der Waals surface area (Å²) >= 11 is 0. The van der Waals surface area contributed by atoms with E-state index in [1.165, 1.54) is 89.9 Å². The number of hydrogen-bond donors (Lipinski definition) is 7. The van der Waals surface area contributed by atoms with Gasteiger partial charge in [-0.2, -0.15) is 0 Å². The van der Waals surface area contributed by atoms with Crippen LogP contribution in [0.2, 0.25) is 0 Å². The Bertz CT molecular complexity index is 1170. The first-order valence-electron chi connectivity index (χ1n) is 23.2. The third-order valence-electron chi connectivity index (χ3n) is 10.9. The fourth-order valence-electron chi connectivity index (χ4n) is 7.07. The van der Waals surface area contributed by atoms with Crippen molar-refractivity contribution < 1.29 is 68.2 Å². The lowest BCUT2D eigenvalue weighted by molar-refractivity contribution is -0.220. The molecule has 352 valence electrons. The number of unbranched alkanes of at least 4 members (excludes halogenated alkanes) is 21. The molecule has 0 aromatic carbocycles. The zero-order chi connectivity index (χ0) is 44.4.